The van der Waals surface area contributed by atoms with Gasteiger partial charge in [0.15, 0.2) is 16.9 Å². The summed E-state index contributed by atoms with van der Waals surface area (Å²) < 4.78 is 9.79. The highest BCUT2D eigenvalue weighted by atomic mass is 16.6. The second-order valence-corrected chi connectivity index (χ2v) is 12.2. The van der Waals surface area contributed by atoms with Gasteiger partial charge in [-0.2, -0.15) is 4.98 Å². The van der Waals surface area contributed by atoms with Crippen LogP contribution in [0.15, 0.2) is 51.6 Å². The van der Waals surface area contributed by atoms with Crippen molar-refractivity contribution in [3.63, 3.8) is 0 Å². The van der Waals surface area contributed by atoms with Crippen molar-refractivity contribution in [3.05, 3.63) is 68.4 Å². The van der Waals surface area contributed by atoms with E-state index in [1.807, 2.05) is 45.3 Å². The third-order valence-electron chi connectivity index (χ3n) is 7.75. The van der Waals surface area contributed by atoms with Crippen LogP contribution in [0.4, 0.5) is 10.7 Å². The van der Waals surface area contributed by atoms with Crippen LogP contribution in [0.25, 0.3) is 11.2 Å². The molecule has 2 aromatic heterocycles. The van der Waals surface area contributed by atoms with E-state index in [1.54, 1.807) is 42.3 Å². The van der Waals surface area contributed by atoms with Crippen molar-refractivity contribution in [2.75, 3.05) is 24.5 Å². The molecule has 1 amide bonds. The van der Waals surface area contributed by atoms with Gasteiger partial charge in [0.05, 0.1) is 12.6 Å². The van der Waals surface area contributed by atoms with Gasteiger partial charge in [-0.15, -0.1) is 0 Å². The highest BCUT2D eigenvalue weighted by Crippen LogP contribution is 2.36. The number of hydrogen-bond acceptors (Lipinski definition) is 7. The molecule has 3 aromatic rings. The number of amides is 1. The number of nitrogens with zero attached hydrogens (tertiary/aromatic N) is 6. The molecule has 41 heavy (non-hydrogen) atoms. The van der Waals surface area contributed by atoms with Gasteiger partial charge in [-0.25, -0.2) is 9.59 Å². The number of ketones is 1. The number of aryl methyl sites for hydroxylation is 1. The first kappa shape index (κ1) is 28.4. The zero-order valence-corrected chi connectivity index (χ0v) is 24.6. The van der Waals surface area contributed by atoms with Crippen LogP contribution in [-0.4, -0.2) is 66.7 Å². The summed E-state index contributed by atoms with van der Waals surface area (Å²) in [6, 6.07) is 8.63. The van der Waals surface area contributed by atoms with Crippen molar-refractivity contribution in [2.45, 2.75) is 65.8 Å². The molecule has 2 aliphatic heterocycles. The van der Waals surface area contributed by atoms with Crippen LogP contribution in [0.1, 0.15) is 51.4 Å². The molecule has 0 radical (unpaired) electrons. The summed E-state index contributed by atoms with van der Waals surface area (Å²) in [6.07, 6.45) is 2.53. The van der Waals surface area contributed by atoms with Crippen LogP contribution in [0.5, 0.6) is 0 Å². The topological polar surface area (TPSA) is 112 Å². The Kier molecular flexibility index (Phi) is 7.39. The second-order valence-electron chi connectivity index (χ2n) is 12.2. The molecule has 2 atom stereocenters. The molecular formula is C30H38N6O5. The van der Waals surface area contributed by atoms with Crippen molar-refractivity contribution >= 4 is 29.0 Å². The quantitative estimate of drug-likeness (QED) is 0.335. The fourth-order valence-electron chi connectivity index (χ4n) is 5.71. The Morgan fingerprint density at radius 3 is 2.44 bits per heavy atom. The lowest BCUT2D eigenvalue weighted by Crippen LogP contribution is -2.41. The number of imidazole rings is 1. The Morgan fingerprint density at radius 1 is 1.07 bits per heavy atom. The normalized spacial score (nSPS) is 18.6. The molecule has 2 aliphatic rings. The highest BCUT2D eigenvalue weighted by Gasteiger charge is 2.45. The molecule has 218 valence electrons. The lowest BCUT2D eigenvalue weighted by atomic mass is 10.1. The molecule has 0 N–H and O–H groups in total. The van der Waals surface area contributed by atoms with Crippen LogP contribution in [0, 0.1) is 5.92 Å². The standard InChI is InChI=1S/C30H38N6O5/c1-19(2)12-14-35-24-25(32(6)28(39)36(26(24)38)18-23(37)20-10-8-7-9-11-20)31-27(35)34-15-13-21-16-33(17-22(21)34)29(40)41-30(3,4)5/h7-12,21-22H,13-18H2,1-6H3/t21-,22+/m1/s1. The minimum atomic E-state index is -0.596. The monoisotopic (exact) mass is 562 g/mol. The average Bonchev–Trinajstić information content (AvgIpc) is 3.61. The number of carbonyl (C=O) groups excluding carboxylic acids is 2. The van der Waals surface area contributed by atoms with Gasteiger partial charge in [0.1, 0.15) is 5.60 Å². The largest absolute Gasteiger partial charge is 0.444 e. The zero-order valence-electron chi connectivity index (χ0n) is 24.6. The summed E-state index contributed by atoms with van der Waals surface area (Å²) in [4.78, 5) is 61.8. The average molecular weight is 563 g/mol. The first-order valence-corrected chi connectivity index (χ1v) is 14.0. The van der Waals surface area contributed by atoms with E-state index in [1.165, 1.54) is 4.57 Å². The first-order chi connectivity index (χ1) is 19.4. The van der Waals surface area contributed by atoms with Crippen LogP contribution in [0.3, 0.4) is 0 Å². The van der Waals surface area contributed by atoms with Crippen molar-refractivity contribution in [1.29, 1.82) is 0 Å². The number of benzene rings is 1. The van der Waals surface area contributed by atoms with Crippen LogP contribution in [0.2, 0.25) is 0 Å². The van der Waals surface area contributed by atoms with Crippen molar-refractivity contribution in [1.82, 2.24) is 23.6 Å². The van der Waals surface area contributed by atoms with E-state index in [0.717, 1.165) is 16.6 Å². The summed E-state index contributed by atoms with van der Waals surface area (Å²) in [5.74, 6) is 0.494. The first-order valence-electron chi connectivity index (χ1n) is 14.0. The van der Waals surface area contributed by atoms with E-state index in [9.17, 15) is 19.2 Å². The Bertz CT molecular complexity index is 1640. The number of hydrogen-bond donors (Lipinski definition) is 0. The molecule has 0 spiro atoms. The minimum Gasteiger partial charge on any atom is -0.444 e. The molecule has 5 rings (SSSR count). The lowest BCUT2D eigenvalue weighted by Gasteiger charge is -2.28. The maximum atomic E-state index is 13.9. The SMILES string of the molecule is CC(C)=CCn1c(N2CC[C@@H]3CN(C(=O)OC(C)(C)C)C[C@@H]32)nc2c1c(=O)n(CC(=O)c1ccccc1)c(=O)n2C. The predicted molar refractivity (Wildman–Crippen MR) is 156 cm³/mol. The maximum absolute atomic E-state index is 13.9. The molecular weight excluding hydrogens is 524 g/mol. The van der Waals surface area contributed by atoms with Crippen LogP contribution in [-0.2, 0) is 24.9 Å². The summed E-state index contributed by atoms with van der Waals surface area (Å²) in [6.45, 7) is 11.3. The molecule has 0 bridgehead atoms. The van der Waals surface area contributed by atoms with E-state index >= 15 is 0 Å². The third kappa shape index (κ3) is 5.45. The number of Topliss-reactive ketones (excluding diaryl/α,β-unsaturated/α-hetero) is 1. The fourth-order valence-corrected chi connectivity index (χ4v) is 5.71. The number of anilines is 1. The second kappa shape index (κ2) is 10.7. The molecule has 0 unspecified atom stereocenters. The minimum absolute atomic E-state index is 0.00342. The number of allylic oxidation sites excluding steroid dienone is 2. The fraction of sp³-hybridized carbons (Fsp3) is 0.500. The number of aromatic nitrogens is 4. The Labute approximate surface area is 238 Å². The van der Waals surface area contributed by atoms with Gasteiger partial charge in [0.2, 0.25) is 5.95 Å². The number of fused-ring (bicyclic) bond motifs is 2. The summed E-state index contributed by atoms with van der Waals surface area (Å²) in [5.41, 5.74) is 0.307. The van der Waals surface area contributed by atoms with Crippen LogP contribution < -0.4 is 16.1 Å². The Hall–Kier alpha value is -4.15. The molecule has 1 aromatic carbocycles. The third-order valence-corrected chi connectivity index (χ3v) is 7.75. The van der Waals surface area contributed by atoms with Gasteiger partial charge < -0.3 is 19.1 Å². The molecule has 2 fully saturated rings. The lowest BCUT2D eigenvalue weighted by molar-refractivity contribution is 0.0284. The molecule has 2 saturated heterocycles. The van der Waals surface area contributed by atoms with Gasteiger partial charge in [0, 0.05) is 44.7 Å². The van der Waals surface area contributed by atoms with E-state index in [0.29, 0.717) is 37.7 Å². The van der Waals surface area contributed by atoms with Crippen LogP contribution >= 0.6 is 0 Å². The molecule has 4 heterocycles. The molecule has 0 saturated carbocycles. The van der Waals surface area contributed by atoms with Crippen molar-refractivity contribution < 1.29 is 14.3 Å². The summed E-state index contributed by atoms with van der Waals surface area (Å²) in [7, 11) is 1.57. The van der Waals surface area contributed by atoms with E-state index in [-0.39, 0.29) is 41.5 Å². The van der Waals surface area contributed by atoms with E-state index < -0.39 is 16.9 Å². The Balaban J connectivity index is 1.57. The van der Waals surface area contributed by atoms with E-state index in [2.05, 4.69) is 4.90 Å². The summed E-state index contributed by atoms with van der Waals surface area (Å²) in [5, 5.41) is 0. The van der Waals surface area contributed by atoms with E-state index in [4.69, 9.17) is 9.72 Å². The van der Waals surface area contributed by atoms with Gasteiger partial charge in [-0.3, -0.25) is 18.7 Å². The Morgan fingerprint density at radius 2 is 1.78 bits per heavy atom. The molecule has 11 nitrogen and oxygen atoms in total. The smallest absolute Gasteiger partial charge is 0.410 e. The highest BCUT2D eigenvalue weighted by molar-refractivity contribution is 5.96. The number of likely N-dealkylation sites (tertiary alicyclic amines) is 1. The predicted octanol–water partition coefficient (Wildman–Crippen LogP) is 3.19. The van der Waals surface area contributed by atoms with Gasteiger partial charge in [-0.1, -0.05) is 42.0 Å². The number of rotatable bonds is 6. The summed E-state index contributed by atoms with van der Waals surface area (Å²) >= 11 is 0. The molecule has 11 heteroatoms. The van der Waals surface area contributed by atoms with Gasteiger partial charge in [-0.05, 0) is 41.0 Å². The zero-order chi connectivity index (χ0) is 29.6. The van der Waals surface area contributed by atoms with Crippen molar-refractivity contribution in [3.8, 4) is 0 Å². The molecule has 0 aliphatic carbocycles. The van der Waals surface area contributed by atoms with Gasteiger partial charge in [0.25, 0.3) is 5.56 Å². The van der Waals surface area contributed by atoms with Gasteiger partial charge >= 0.3 is 11.8 Å². The van der Waals surface area contributed by atoms with Crippen molar-refractivity contribution in [2.24, 2.45) is 13.0 Å². The number of ether oxygens (including phenoxy) is 1. The maximum Gasteiger partial charge on any atom is 0.410 e. The number of carbonyl (C=O) groups is 2.